The molecule has 0 aromatic carbocycles. The second kappa shape index (κ2) is 8.22. The van der Waals surface area contributed by atoms with E-state index < -0.39 is 0 Å². The van der Waals surface area contributed by atoms with Crippen LogP contribution in [0, 0.1) is 5.92 Å². The molecule has 2 fully saturated rings. The van der Waals surface area contributed by atoms with Crippen LogP contribution in [0.3, 0.4) is 0 Å². The van der Waals surface area contributed by atoms with E-state index in [4.69, 9.17) is 4.74 Å². The minimum atomic E-state index is -0.320. The van der Waals surface area contributed by atoms with Crippen LogP contribution in [-0.4, -0.2) is 57.1 Å². The van der Waals surface area contributed by atoms with Crippen molar-refractivity contribution in [2.24, 2.45) is 5.92 Å². The maximum Gasteiger partial charge on any atom is 0.241 e. The highest BCUT2D eigenvalue weighted by Gasteiger charge is 2.31. The first-order valence-electron chi connectivity index (χ1n) is 10.6. The number of nitrogens with zero attached hydrogens (tertiary/aromatic N) is 4. The van der Waals surface area contributed by atoms with Crippen LogP contribution in [0.2, 0.25) is 0 Å². The van der Waals surface area contributed by atoms with Crippen LogP contribution in [0.15, 0.2) is 18.3 Å². The topological polar surface area (TPSA) is 101 Å². The van der Waals surface area contributed by atoms with Crippen molar-refractivity contribution in [2.75, 3.05) is 19.7 Å². The number of nitrogens with one attached hydrogen (secondary N) is 2. The summed E-state index contributed by atoms with van der Waals surface area (Å²) in [6.07, 6.45) is 4.68. The Morgan fingerprint density at radius 3 is 2.67 bits per heavy atom. The number of aromatic nitrogens is 3. The van der Waals surface area contributed by atoms with Gasteiger partial charge in [-0.3, -0.25) is 15.0 Å². The van der Waals surface area contributed by atoms with E-state index in [1.165, 1.54) is 0 Å². The lowest BCUT2D eigenvalue weighted by Crippen LogP contribution is -2.57. The number of amides is 2. The molecule has 0 radical (unpaired) electrons. The van der Waals surface area contributed by atoms with E-state index in [0.29, 0.717) is 44.3 Å². The molecule has 9 heteroatoms. The summed E-state index contributed by atoms with van der Waals surface area (Å²) in [4.78, 5) is 30.3. The van der Waals surface area contributed by atoms with Crippen molar-refractivity contribution in [2.45, 2.75) is 57.9 Å². The van der Waals surface area contributed by atoms with Crippen LogP contribution in [-0.2, 0) is 15.0 Å². The molecular formula is C21H30N6O3. The Morgan fingerprint density at radius 1 is 1.23 bits per heavy atom. The van der Waals surface area contributed by atoms with Crippen molar-refractivity contribution in [3.05, 3.63) is 24.0 Å². The Kier molecular flexibility index (Phi) is 5.64. The smallest absolute Gasteiger partial charge is 0.241 e. The molecule has 2 amide bonds. The highest BCUT2D eigenvalue weighted by atomic mass is 16.5. The lowest BCUT2D eigenvalue weighted by Gasteiger charge is -2.35. The SMILES string of the molecule is CC(C)(C)c1cn2nc(OCC3CCN(C(=O)C4CCC(=O)NN4)CC3)ccc2n1. The van der Waals surface area contributed by atoms with Crippen molar-refractivity contribution >= 4 is 17.5 Å². The second-order valence-corrected chi connectivity index (χ2v) is 9.21. The zero-order chi connectivity index (χ0) is 21.3. The molecule has 4 rings (SSSR count). The van der Waals surface area contributed by atoms with Crippen LogP contribution in [0.25, 0.3) is 5.65 Å². The van der Waals surface area contributed by atoms with Crippen LogP contribution < -0.4 is 15.6 Å². The van der Waals surface area contributed by atoms with Crippen LogP contribution in [0.5, 0.6) is 5.88 Å². The molecule has 0 saturated carbocycles. The molecule has 2 aliphatic heterocycles. The molecular weight excluding hydrogens is 384 g/mol. The first kappa shape index (κ1) is 20.6. The van der Waals surface area contributed by atoms with E-state index in [0.717, 1.165) is 24.2 Å². The summed E-state index contributed by atoms with van der Waals surface area (Å²) < 4.78 is 7.72. The fraction of sp³-hybridized carbons (Fsp3) is 0.619. The number of carbonyl (C=O) groups is 2. The predicted molar refractivity (Wildman–Crippen MR) is 111 cm³/mol. The number of fused-ring (bicyclic) bond motifs is 1. The average molecular weight is 415 g/mol. The Bertz CT molecular complexity index is 916. The number of ether oxygens (including phenoxy) is 1. The summed E-state index contributed by atoms with van der Waals surface area (Å²) in [5, 5.41) is 4.53. The highest BCUT2D eigenvalue weighted by Crippen LogP contribution is 2.23. The zero-order valence-corrected chi connectivity index (χ0v) is 17.9. The summed E-state index contributed by atoms with van der Waals surface area (Å²) >= 11 is 0. The molecule has 0 aliphatic carbocycles. The van der Waals surface area contributed by atoms with Gasteiger partial charge in [0.15, 0.2) is 5.65 Å². The summed E-state index contributed by atoms with van der Waals surface area (Å²) in [5.41, 5.74) is 7.15. The molecule has 30 heavy (non-hydrogen) atoms. The van der Waals surface area contributed by atoms with Gasteiger partial charge in [0.05, 0.1) is 18.5 Å². The van der Waals surface area contributed by atoms with Crippen LogP contribution in [0.4, 0.5) is 0 Å². The van der Waals surface area contributed by atoms with Gasteiger partial charge in [0.1, 0.15) is 6.04 Å². The van der Waals surface area contributed by atoms with E-state index in [9.17, 15) is 9.59 Å². The fourth-order valence-corrected chi connectivity index (χ4v) is 3.81. The van der Waals surface area contributed by atoms with Gasteiger partial charge in [-0.25, -0.2) is 14.9 Å². The number of imidazole rings is 1. The number of hydrogen-bond donors (Lipinski definition) is 2. The first-order chi connectivity index (χ1) is 14.3. The number of rotatable bonds is 4. The third-order valence-corrected chi connectivity index (χ3v) is 5.80. The molecule has 0 bridgehead atoms. The average Bonchev–Trinajstić information content (AvgIpc) is 3.17. The zero-order valence-electron chi connectivity index (χ0n) is 17.9. The number of carbonyl (C=O) groups excluding carboxylic acids is 2. The lowest BCUT2D eigenvalue weighted by atomic mass is 9.93. The monoisotopic (exact) mass is 414 g/mol. The van der Waals surface area contributed by atoms with Crippen molar-refractivity contribution in [3.8, 4) is 5.88 Å². The maximum atomic E-state index is 12.6. The third kappa shape index (κ3) is 4.56. The van der Waals surface area contributed by atoms with Gasteiger partial charge in [0.25, 0.3) is 0 Å². The molecule has 4 heterocycles. The Balaban J connectivity index is 1.27. The van der Waals surface area contributed by atoms with Gasteiger partial charge in [0.2, 0.25) is 17.7 Å². The van der Waals surface area contributed by atoms with Crippen molar-refractivity contribution in [1.29, 1.82) is 0 Å². The van der Waals surface area contributed by atoms with Crippen molar-refractivity contribution in [1.82, 2.24) is 30.3 Å². The first-order valence-corrected chi connectivity index (χ1v) is 10.6. The molecule has 1 unspecified atom stereocenters. The van der Waals surface area contributed by atoms with E-state index in [-0.39, 0.29) is 23.3 Å². The Labute approximate surface area is 176 Å². The molecule has 2 aliphatic rings. The molecule has 2 N–H and O–H groups in total. The Morgan fingerprint density at radius 2 is 2.00 bits per heavy atom. The number of hydrazine groups is 1. The summed E-state index contributed by atoms with van der Waals surface area (Å²) in [6.45, 7) is 8.39. The van der Waals surface area contributed by atoms with E-state index in [2.05, 4.69) is 41.7 Å². The standard InChI is InChI=1S/C21H30N6O3/c1-21(2,3)16-12-27-17(22-16)5-7-19(25-27)30-13-14-8-10-26(11-9-14)20(29)15-4-6-18(28)24-23-15/h5,7,12,14-15,23H,4,6,8-11,13H2,1-3H3,(H,24,28). The van der Waals surface area contributed by atoms with Gasteiger partial charge in [-0.05, 0) is 31.2 Å². The predicted octanol–water partition coefficient (Wildman–Crippen LogP) is 1.43. The quantitative estimate of drug-likeness (QED) is 0.785. The lowest BCUT2D eigenvalue weighted by molar-refractivity contribution is -0.137. The molecule has 2 aromatic rings. The molecule has 2 aromatic heterocycles. The maximum absolute atomic E-state index is 12.6. The number of hydrogen-bond acceptors (Lipinski definition) is 6. The van der Waals surface area contributed by atoms with Crippen LogP contribution in [0.1, 0.15) is 52.1 Å². The number of piperidine rings is 1. The van der Waals surface area contributed by atoms with Gasteiger partial charge in [0, 0.05) is 31.0 Å². The summed E-state index contributed by atoms with van der Waals surface area (Å²) in [5.74, 6) is 0.975. The minimum Gasteiger partial charge on any atom is -0.476 e. The van der Waals surface area contributed by atoms with E-state index in [1.807, 2.05) is 23.2 Å². The second-order valence-electron chi connectivity index (χ2n) is 9.21. The van der Waals surface area contributed by atoms with Crippen LogP contribution >= 0.6 is 0 Å². The van der Waals surface area contributed by atoms with Gasteiger partial charge in [-0.2, -0.15) is 0 Å². The van der Waals surface area contributed by atoms with Gasteiger partial charge in [-0.1, -0.05) is 20.8 Å². The largest absolute Gasteiger partial charge is 0.476 e. The molecule has 1 atom stereocenters. The van der Waals surface area contributed by atoms with Crippen molar-refractivity contribution < 1.29 is 14.3 Å². The minimum absolute atomic E-state index is 0.0289. The molecule has 162 valence electrons. The van der Waals surface area contributed by atoms with Gasteiger partial charge < -0.3 is 9.64 Å². The Hall–Kier alpha value is -2.68. The van der Waals surface area contributed by atoms with Gasteiger partial charge in [-0.15, -0.1) is 5.10 Å². The number of likely N-dealkylation sites (tertiary alicyclic amines) is 1. The van der Waals surface area contributed by atoms with E-state index >= 15 is 0 Å². The molecule has 2 saturated heterocycles. The van der Waals surface area contributed by atoms with Gasteiger partial charge >= 0.3 is 0 Å². The normalized spacial score (nSPS) is 21.0. The fourth-order valence-electron chi connectivity index (χ4n) is 3.81. The van der Waals surface area contributed by atoms with Crippen molar-refractivity contribution in [3.63, 3.8) is 0 Å². The summed E-state index contributed by atoms with van der Waals surface area (Å²) in [7, 11) is 0. The molecule has 9 nitrogen and oxygen atoms in total. The molecule has 0 spiro atoms. The highest BCUT2D eigenvalue weighted by molar-refractivity contribution is 5.85. The summed E-state index contributed by atoms with van der Waals surface area (Å²) in [6, 6.07) is 3.46. The van der Waals surface area contributed by atoms with E-state index in [1.54, 1.807) is 4.52 Å². The third-order valence-electron chi connectivity index (χ3n) is 5.80.